The molecule has 2 atom stereocenters. The maximum atomic E-state index is 2.53. The van der Waals surface area contributed by atoms with Gasteiger partial charge in [-0.25, -0.2) is 0 Å². The van der Waals surface area contributed by atoms with Crippen LogP contribution in [0.4, 0.5) is 28.4 Å². The van der Waals surface area contributed by atoms with Gasteiger partial charge in [0.1, 0.15) is 0 Å². The Bertz CT molecular complexity index is 3700. The SMILES string of the molecule is CC1=CC(N(c2ccc(-c3cccc4c3sc3ccccc34)cc2)c2c3ccccc3c(N(c3ccc(C4=CC=CC5c6ccccc6SC45)cc3)c3cccc(C)c3)c3ccccc23)=CCC1. The second kappa shape index (κ2) is 16.7. The van der Waals surface area contributed by atoms with Crippen LogP contribution in [0, 0.1) is 6.92 Å². The van der Waals surface area contributed by atoms with Gasteiger partial charge in [-0.1, -0.05) is 169 Å². The Labute approximate surface area is 406 Å². The van der Waals surface area contributed by atoms with Crippen molar-refractivity contribution in [1.29, 1.82) is 0 Å². The van der Waals surface area contributed by atoms with E-state index in [0.29, 0.717) is 11.2 Å². The van der Waals surface area contributed by atoms with E-state index in [1.807, 2.05) is 23.1 Å². The molecule has 0 saturated carbocycles. The Morgan fingerprint density at radius 2 is 1.15 bits per heavy atom. The zero-order valence-electron chi connectivity index (χ0n) is 38.1. The summed E-state index contributed by atoms with van der Waals surface area (Å²) in [5.41, 5.74) is 16.2. The van der Waals surface area contributed by atoms with E-state index in [1.165, 1.54) is 103 Å². The molecule has 326 valence electrons. The van der Waals surface area contributed by atoms with E-state index in [4.69, 9.17) is 0 Å². The first-order chi connectivity index (χ1) is 33.6. The lowest BCUT2D eigenvalue weighted by Crippen LogP contribution is -2.19. The number of anilines is 5. The number of thioether (sulfide) groups is 1. The van der Waals surface area contributed by atoms with Crippen molar-refractivity contribution in [2.45, 2.75) is 42.8 Å². The van der Waals surface area contributed by atoms with Crippen LogP contribution in [0.2, 0.25) is 0 Å². The van der Waals surface area contributed by atoms with Gasteiger partial charge in [-0.3, -0.25) is 0 Å². The van der Waals surface area contributed by atoms with Crippen molar-refractivity contribution in [3.05, 3.63) is 246 Å². The molecule has 0 N–H and O–H groups in total. The van der Waals surface area contributed by atoms with Crippen molar-refractivity contribution in [2.24, 2.45) is 0 Å². The van der Waals surface area contributed by atoms with Crippen LogP contribution in [0.25, 0.3) is 58.4 Å². The number of hydrogen-bond donors (Lipinski definition) is 0. The van der Waals surface area contributed by atoms with Gasteiger partial charge in [0, 0.05) is 80.5 Å². The standard InChI is InChI=1S/C64H48N2S2/c1-41-15-11-17-47(39-41)65(45-35-31-43(32-36-45)49-25-13-27-57-51-19-7-9-29-59(51)67-63(49)57)61-53-21-3-5-23-55(53)62(56-24-6-4-22-54(56)61)66(48-18-12-16-42(2)40-48)46-37-33-44(34-38-46)50-26-14-28-58-52-20-8-10-30-60(52)68-64(50)58/h3-11,13-15,17-40,57,63H,12,16H2,1-2H3. The summed E-state index contributed by atoms with van der Waals surface area (Å²) >= 11 is 3.89. The average molecular weight is 909 g/mol. The van der Waals surface area contributed by atoms with Crippen LogP contribution < -0.4 is 9.80 Å². The molecule has 0 saturated heterocycles. The highest BCUT2D eigenvalue weighted by molar-refractivity contribution is 8.00. The molecule has 68 heavy (non-hydrogen) atoms. The third-order valence-electron chi connectivity index (χ3n) is 14.2. The van der Waals surface area contributed by atoms with Crippen LogP contribution in [0.1, 0.15) is 42.4 Å². The summed E-state index contributed by atoms with van der Waals surface area (Å²) in [7, 11) is 0. The lowest BCUT2D eigenvalue weighted by Gasteiger charge is -2.34. The molecule has 2 heterocycles. The average Bonchev–Trinajstić information content (AvgIpc) is 3.97. The van der Waals surface area contributed by atoms with Gasteiger partial charge in [-0.2, -0.15) is 0 Å². The lowest BCUT2D eigenvalue weighted by molar-refractivity contribution is 0.893. The van der Waals surface area contributed by atoms with Gasteiger partial charge < -0.3 is 9.80 Å². The first kappa shape index (κ1) is 40.9. The van der Waals surface area contributed by atoms with Crippen LogP contribution in [-0.4, -0.2) is 5.25 Å². The van der Waals surface area contributed by atoms with Gasteiger partial charge in [-0.15, -0.1) is 23.1 Å². The summed E-state index contributed by atoms with van der Waals surface area (Å²) < 4.78 is 2.66. The molecule has 2 unspecified atom stereocenters. The van der Waals surface area contributed by atoms with Crippen molar-refractivity contribution in [3.8, 4) is 11.1 Å². The second-order valence-electron chi connectivity index (χ2n) is 18.4. The second-order valence-corrected chi connectivity index (χ2v) is 20.7. The van der Waals surface area contributed by atoms with Gasteiger partial charge in [0.15, 0.2) is 0 Å². The van der Waals surface area contributed by atoms with Crippen LogP contribution in [0.3, 0.4) is 0 Å². The summed E-state index contributed by atoms with van der Waals surface area (Å²) in [5, 5.41) is 7.82. The molecule has 4 heteroatoms. The van der Waals surface area contributed by atoms with E-state index in [9.17, 15) is 0 Å². The fourth-order valence-electron chi connectivity index (χ4n) is 11.0. The maximum Gasteiger partial charge on any atom is 0.0619 e. The van der Waals surface area contributed by atoms with Gasteiger partial charge >= 0.3 is 0 Å². The lowest BCUT2D eigenvalue weighted by atomic mass is 9.85. The van der Waals surface area contributed by atoms with Crippen molar-refractivity contribution in [1.82, 2.24) is 0 Å². The summed E-state index contributed by atoms with van der Waals surface area (Å²) in [6.07, 6.45) is 13.9. The molecule has 0 amide bonds. The first-order valence-corrected chi connectivity index (χ1v) is 25.5. The molecule has 0 fully saturated rings. The number of allylic oxidation sites excluding steroid dienone is 6. The third kappa shape index (κ3) is 6.85. The predicted molar refractivity (Wildman–Crippen MR) is 295 cm³/mol. The fourth-order valence-corrected chi connectivity index (χ4v) is 13.8. The number of nitrogens with zero attached hydrogens (tertiary/aromatic N) is 2. The number of aryl methyl sites for hydroxylation is 1. The summed E-state index contributed by atoms with van der Waals surface area (Å²) in [4.78, 5) is 6.43. The molecule has 2 nitrogen and oxygen atoms in total. The molecule has 9 aromatic carbocycles. The molecule has 0 bridgehead atoms. The van der Waals surface area contributed by atoms with E-state index >= 15 is 0 Å². The molecular weight excluding hydrogens is 861 g/mol. The van der Waals surface area contributed by atoms with Crippen molar-refractivity contribution in [3.63, 3.8) is 0 Å². The third-order valence-corrected chi connectivity index (χ3v) is 16.8. The van der Waals surface area contributed by atoms with Gasteiger partial charge in [0.2, 0.25) is 0 Å². The maximum absolute atomic E-state index is 2.53. The zero-order chi connectivity index (χ0) is 45.3. The zero-order valence-corrected chi connectivity index (χ0v) is 39.7. The van der Waals surface area contributed by atoms with Crippen molar-refractivity contribution >= 4 is 98.8 Å². The minimum Gasteiger partial charge on any atom is -0.310 e. The molecule has 1 aromatic heterocycles. The van der Waals surface area contributed by atoms with Crippen molar-refractivity contribution < 1.29 is 0 Å². The first-order valence-electron chi connectivity index (χ1n) is 23.8. The Morgan fingerprint density at radius 3 is 1.87 bits per heavy atom. The van der Waals surface area contributed by atoms with Crippen LogP contribution >= 0.6 is 23.1 Å². The largest absolute Gasteiger partial charge is 0.310 e. The van der Waals surface area contributed by atoms with Crippen LogP contribution in [0.5, 0.6) is 0 Å². The Balaban J connectivity index is 0.973. The molecule has 2 aliphatic carbocycles. The fraction of sp³-hybridized carbons (Fsp3) is 0.0938. The molecular formula is C64H48N2S2. The van der Waals surface area contributed by atoms with Gasteiger partial charge in [0.25, 0.3) is 0 Å². The van der Waals surface area contributed by atoms with E-state index in [-0.39, 0.29) is 0 Å². The Morgan fingerprint density at radius 1 is 0.529 bits per heavy atom. The summed E-state index contributed by atoms with van der Waals surface area (Å²) in [6.45, 7) is 4.47. The Kier molecular flexibility index (Phi) is 10.1. The molecule has 0 radical (unpaired) electrons. The normalized spacial score (nSPS) is 16.4. The van der Waals surface area contributed by atoms with Gasteiger partial charge in [-0.05, 0) is 115 Å². The molecule has 13 rings (SSSR count). The van der Waals surface area contributed by atoms with E-state index in [0.717, 1.165) is 29.9 Å². The van der Waals surface area contributed by atoms with Crippen LogP contribution in [-0.2, 0) is 0 Å². The Hall–Kier alpha value is -7.37. The predicted octanol–water partition coefficient (Wildman–Crippen LogP) is 18.8. The quantitative estimate of drug-likeness (QED) is 0.111. The molecule has 1 aliphatic heterocycles. The van der Waals surface area contributed by atoms with Crippen molar-refractivity contribution in [2.75, 3.05) is 9.80 Å². The van der Waals surface area contributed by atoms with E-state index in [2.05, 4.69) is 242 Å². The monoisotopic (exact) mass is 908 g/mol. The topological polar surface area (TPSA) is 6.48 Å². The van der Waals surface area contributed by atoms with E-state index < -0.39 is 0 Å². The van der Waals surface area contributed by atoms with Gasteiger partial charge in [0.05, 0.1) is 11.4 Å². The number of fused-ring (bicyclic) bond motifs is 8. The molecule has 10 aromatic rings. The number of hydrogen-bond acceptors (Lipinski definition) is 4. The molecule has 0 spiro atoms. The van der Waals surface area contributed by atoms with E-state index in [1.54, 1.807) is 0 Å². The summed E-state index contributed by atoms with van der Waals surface area (Å²) in [6, 6.07) is 70.3. The molecule has 3 aliphatic rings. The number of benzene rings is 9. The number of rotatable bonds is 8. The number of thiophene rings is 1. The smallest absolute Gasteiger partial charge is 0.0619 e. The highest BCUT2D eigenvalue weighted by Gasteiger charge is 2.36. The highest BCUT2D eigenvalue weighted by Crippen LogP contribution is 2.54. The minimum atomic E-state index is 0.365. The highest BCUT2D eigenvalue weighted by atomic mass is 32.2. The summed E-state index contributed by atoms with van der Waals surface area (Å²) in [5.74, 6) is 0.388. The minimum absolute atomic E-state index is 0.365. The van der Waals surface area contributed by atoms with Crippen LogP contribution in [0.15, 0.2) is 235 Å².